The zero-order valence-electron chi connectivity index (χ0n) is 11.5. The first-order valence-corrected chi connectivity index (χ1v) is 6.62. The van der Waals surface area contributed by atoms with Gasteiger partial charge >= 0.3 is 5.97 Å². The van der Waals surface area contributed by atoms with Gasteiger partial charge < -0.3 is 19.6 Å². The van der Waals surface area contributed by atoms with Gasteiger partial charge in [-0.05, 0) is 25.0 Å². The SMILES string of the molecule is COc1ccc2c(CC(=O)NC3(C(=O)O)CC3)coc2c1. The number of carboxylic acids is 1. The van der Waals surface area contributed by atoms with E-state index in [1.807, 2.05) is 6.07 Å². The monoisotopic (exact) mass is 289 g/mol. The lowest BCUT2D eigenvalue weighted by Crippen LogP contribution is -2.43. The van der Waals surface area contributed by atoms with Crippen molar-refractivity contribution in [3.63, 3.8) is 0 Å². The minimum atomic E-state index is -1.06. The molecule has 1 aliphatic carbocycles. The Morgan fingerprint density at radius 3 is 2.81 bits per heavy atom. The Kier molecular flexibility index (Phi) is 3.08. The Bertz CT molecular complexity index is 714. The molecule has 1 aliphatic rings. The van der Waals surface area contributed by atoms with Gasteiger partial charge in [-0.3, -0.25) is 4.79 Å². The van der Waals surface area contributed by atoms with Gasteiger partial charge in [0.1, 0.15) is 16.9 Å². The van der Waals surface area contributed by atoms with Crippen LogP contribution in [0.1, 0.15) is 18.4 Å². The fourth-order valence-electron chi connectivity index (χ4n) is 2.33. The molecule has 0 saturated heterocycles. The average Bonchev–Trinajstić information content (AvgIpc) is 3.14. The van der Waals surface area contributed by atoms with Crippen LogP contribution in [0.15, 0.2) is 28.9 Å². The number of ether oxygens (including phenoxy) is 1. The molecule has 0 unspecified atom stereocenters. The highest BCUT2D eigenvalue weighted by atomic mass is 16.5. The van der Waals surface area contributed by atoms with Crippen molar-refractivity contribution >= 4 is 22.8 Å². The van der Waals surface area contributed by atoms with Crippen LogP contribution in [0.3, 0.4) is 0 Å². The predicted molar refractivity (Wildman–Crippen MR) is 74.2 cm³/mol. The lowest BCUT2D eigenvalue weighted by atomic mass is 10.1. The summed E-state index contributed by atoms with van der Waals surface area (Å²) in [6, 6.07) is 5.36. The Hall–Kier alpha value is -2.50. The van der Waals surface area contributed by atoms with Crippen LogP contribution in [0.4, 0.5) is 0 Å². The van der Waals surface area contributed by atoms with E-state index in [1.165, 1.54) is 6.26 Å². The van der Waals surface area contributed by atoms with E-state index in [4.69, 9.17) is 14.3 Å². The maximum Gasteiger partial charge on any atom is 0.329 e. The summed E-state index contributed by atoms with van der Waals surface area (Å²) in [5, 5.41) is 12.5. The fraction of sp³-hybridized carbons (Fsp3) is 0.333. The molecule has 3 rings (SSSR count). The minimum absolute atomic E-state index is 0.0916. The average molecular weight is 289 g/mol. The number of aliphatic carboxylic acids is 1. The molecule has 1 fully saturated rings. The quantitative estimate of drug-likeness (QED) is 0.874. The molecule has 1 aromatic carbocycles. The summed E-state index contributed by atoms with van der Waals surface area (Å²) in [6.45, 7) is 0. The second-order valence-electron chi connectivity index (χ2n) is 5.24. The van der Waals surface area contributed by atoms with E-state index in [1.54, 1.807) is 19.2 Å². The maximum atomic E-state index is 12.0. The van der Waals surface area contributed by atoms with E-state index in [-0.39, 0.29) is 12.3 Å². The van der Waals surface area contributed by atoms with Gasteiger partial charge in [-0.25, -0.2) is 4.79 Å². The number of hydrogen-bond acceptors (Lipinski definition) is 4. The number of carbonyl (C=O) groups excluding carboxylic acids is 1. The number of methoxy groups -OCH3 is 1. The second-order valence-corrected chi connectivity index (χ2v) is 5.24. The maximum absolute atomic E-state index is 12.0. The van der Waals surface area contributed by atoms with Crippen molar-refractivity contribution in [1.29, 1.82) is 0 Å². The third kappa shape index (κ3) is 2.44. The summed E-state index contributed by atoms with van der Waals surface area (Å²) in [5.41, 5.74) is 0.308. The van der Waals surface area contributed by atoms with Crippen molar-refractivity contribution in [1.82, 2.24) is 5.32 Å². The van der Waals surface area contributed by atoms with Crippen molar-refractivity contribution < 1.29 is 23.8 Å². The van der Waals surface area contributed by atoms with Crippen LogP contribution < -0.4 is 10.1 Å². The highest BCUT2D eigenvalue weighted by Crippen LogP contribution is 2.35. The first-order chi connectivity index (χ1) is 10.0. The zero-order chi connectivity index (χ0) is 15.0. The smallest absolute Gasteiger partial charge is 0.329 e. The number of furan rings is 1. The molecule has 0 atom stereocenters. The summed E-state index contributed by atoms with van der Waals surface area (Å²) in [6.07, 6.45) is 2.58. The van der Waals surface area contributed by atoms with Gasteiger partial charge in [-0.2, -0.15) is 0 Å². The Balaban J connectivity index is 1.76. The molecule has 2 aromatic rings. The number of nitrogens with one attached hydrogen (secondary N) is 1. The lowest BCUT2D eigenvalue weighted by molar-refractivity contribution is -0.143. The molecular formula is C15H15NO5. The van der Waals surface area contributed by atoms with Crippen molar-refractivity contribution in [2.75, 3.05) is 7.11 Å². The molecule has 0 radical (unpaired) electrons. The number of rotatable bonds is 5. The molecule has 1 heterocycles. The molecular weight excluding hydrogens is 274 g/mol. The summed E-state index contributed by atoms with van der Waals surface area (Å²) >= 11 is 0. The Labute approximate surface area is 120 Å². The number of fused-ring (bicyclic) bond motifs is 1. The van der Waals surface area contributed by atoms with Crippen LogP contribution in [0, 0.1) is 0 Å². The molecule has 2 N–H and O–H groups in total. The van der Waals surface area contributed by atoms with Crippen LogP contribution in [0.5, 0.6) is 5.75 Å². The lowest BCUT2D eigenvalue weighted by Gasteiger charge is -2.11. The largest absolute Gasteiger partial charge is 0.497 e. The molecule has 0 bridgehead atoms. The molecule has 1 amide bonds. The number of amides is 1. The van der Waals surface area contributed by atoms with E-state index < -0.39 is 11.5 Å². The fourth-order valence-corrected chi connectivity index (χ4v) is 2.33. The van der Waals surface area contributed by atoms with Crippen LogP contribution in [-0.4, -0.2) is 29.6 Å². The number of carboxylic acid groups (broad SMARTS) is 1. The van der Waals surface area contributed by atoms with Crippen molar-refractivity contribution in [2.24, 2.45) is 0 Å². The van der Waals surface area contributed by atoms with E-state index in [0.29, 0.717) is 24.2 Å². The van der Waals surface area contributed by atoms with E-state index in [9.17, 15) is 9.59 Å². The topological polar surface area (TPSA) is 88.8 Å². The highest BCUT2D eigenvalue weighted by Gasteiger charge is 2.51. The van der Waals surface area contributed by atoms with Crippen molar-refractivity contribution in [3.05, 3.63) is 30.0 Å². The van der Waals surface area contributed by atoms with Crippen molar-refractivity contribution in [3.8, 4) is 5.75 Å². The standard InChI is InChI=1S/C15H15NO5/c1-20-10-2-3-11-9(8-21-12(11)7-10)6-13(17)16-15(4-5-15)14(18)19/h2-3,7-8H,4-6H2,1H3,(H,16,17)(H,18,19). The Morgan fingerprint density at radius 1 is 1.43 bits per heavy atom. The summed E-state index contributed by atoms with van der Waals surface area (Å²) in [4.78, 5) is 23.1. The summed E-state index contributed by atoms with van der Waals surface area (Å²) in [5.74, 6) is -0.610. The molecule has 0 spiro atoms. The van der Waals surface area contributed by atoms with Gasteiger partial charge in [-0.15, -0.1) is 0 Å². The highest BCUT2D eigenvalue weighted by molar-refractivity contribution is 5.92. The third-order valence-corrected chi connectivity index (χ3v) is 3.75. The zero-order valence-corrected chi connectivity index (χ0v) is 11.5. The van der Waals surface area contributed by atoms with E-state index >= 15 is 0 Å². The first-order valence-electron chi connectivity index (χ1n) is 6.62. The van der Waals surface area contributed by atoms with Crippen LogP contribution in [0.2, 0.25) is 0 Å². The van der Waals surface area contributed by atoms with E-state index in [2.05, 4.69) is 5.32 Å². The molecule has 21 heavy (non-hydrogen) atoms. The molecule has 6 heteroatoms. The third-order valence-electron chi connectivity index (χ3n) is 3.75. The van der Waals surface area contributed by atoms with Gasteiger partial charge in [0, 0.05) is 17.0 Å². The van der Waals surface area contributed by atoms with Gasteiger partial charge in [0.05, 0.1) is 19.8 Å². The Morgan fingerprint density at radius 2 is 2.19 bits per heavy atom. The van der Waals surface area contributed by atoms with Crippen LogP contribution in [-0.2, 0) is 16.0 Å². The summed E-state index contributed by atoms with van der Waals surface area (Å²) < 4.78 is 10.5. The van der Waals surface area contributed by atoms with Gasteiger partial charge in [0.15, 0.2) is 0 Å². The van der Waals surface area contributed by atoms with Gasteiger partial charge in [0.2, 0.25) is 5.91 Å². The predicted octanol–water partition coefficient (Wildman–Crippen LogP) is 1.72. The van der Waals surface area contributed by atoms with E-state index in [0.717, 1.165) is 10.9 Å². The normalized spacial score (nSPS) is 15.7. The second kappa shape index (κ2) is 4.80. The molecule has 110 valence electrons. The molecule has 6 nitrogen and oxygen atoms in total. The van der Waals surface area contributed by atoms with Gasteiger partial charge in [0.25, 0.3) is 0 Å². The molecule has 0 aliphatic heterocycles. The summed E-state index contributed by atoms with van der Waals surface area (Å²) in [7, 11) is 1.57. The number of benzene rings is 1. The molecule has 1 aromatic heterocycles. The number of carbonyl (C=O) groups is 2. The van der Waals surface area contributed by atoms with Crippen LogP contribution >= 0.6 is 0 Å². The first kappa shape index (κ1) is 13.5. The van der Waals surface area contributed by atoms with Gasteiger partial charge in [-0.1, -0.05) is 0 Å². The van der Waals surface area contributed by atoms with Crippen LogP contribution in [0.25, 0.3) is 11.0 Å². The number of hydrogen-bond donors (Lipinski definition) is 2. The molecule has 1 saturated carbocycles. The minimum Gasteiger partial charge on any atom is -0.497 e. The van der Waals surface area contributed by atoms with Crippen molar-refractivity contribution in [2.45, 2.75) is 24.8 Å².